The van der Waals surface area contributed by atoms with Crippen molar-refractivity contribution in [1.29, 1.82) is 0 Å². The normalized spacial score (nSPS) is 11.3. The molecule has 122 valence electrons. The van der Waals surface area contributed by atoms with Crippen molar-refractivity contribution in [2.75, 3.05) is 6.54 Å². The summed E-state index contributed by atoms with van der Waals surface area (Å²) in [4.78, 5) is 14.3. The molecule has 0 fully saturated rings. The summed E-state index contributed by atoms with van der Waals surface area (Å²) in [5.74, 6) is -0.429. The largest absolute Gasteiger partial charge is 0.502 e. The van der Waals surface area contributed by atoms with Crippen molar-refractivity contribution >= 4 is 23.5 Å². The fourth-order valence-electron chi connectivity index (χ4n) is 2.22. The number of nitro groups is 1. The summed E-state index contributed by atoms with van der Waals surface area (Å²) in [5, 5.41) is 25.2. The third-order valence-corrected chi connectivity index (χ3v) is 3.49. The Morgan fingerprint density at radius 3 is 2.78 bits per heavy atom. The van der Waals surface area contributed by atoms with Crippen molar-refractivity contribution in [3.05, 3.63) is 50.3 Å². The zero-order valence-corrected chi connectivity index (χ0v) is 13.6. The average molecular weight is 337 g/mol. The summed E-state index contributed by atoms with van der Waals surface area (Å²) in [6.45, 7) is 5.18. The Labute approximate surface area is 138 Å². The molecule has 1 N–H and O–H groups in total. The van der Waals surface area contributed by atoms with E-state index in [0.29, 0.717) is 6.54 Å². The van der Waals surface area contributed by atoms with Crippen LogP contribution in [-0.2, 0) is 6.54 Å². The molecule has 0 spiro atoms. The van der Waals surface area contributed by atoms with Crippen LogP contribution in [-0.4, -0.2) is 32.6 Å². The van der Waals surface area contributed by atoms with Crippen LogP contribution in [0.2, 0.25) is 5.02 Å². The average Bonchev–Trinajstić information content (AvgIpc) is 2.79. The number of nitrogens with zero attached hydrogens (tertiary/aromatic N) is 4. The molecule has 0 aliphatic rings. The fourth-order valence-corrected chi connectivity index (χ4v) is 2.44. The monoisotopic (exact) mass is 336 g/mol. The molecule has 7 nitrogen and oxygen atoms in total. The lowest BCUT2D eigenvalue weighted by atomic mass is 10.2. The fraction of sp³-hybridized carbons (Fsp3) is 0.333. The standard InChI is InChI=1S/C15H17ClN4O3/c1-10-6-11(2)19(18-10)5-3-4-17-9-12-7-13(16)8-14(15(12)21)20(22)23/h6-9,21H,3-5H2,1-2H3. The van der Waals surface area contributed by atoms with Crippen LogP contribution in [0.1, 0.15) is 23.4 Å². The lowest BCUT2D eigenvalue weighted by Crippen LogP contribution is -2.03. The molecule has 2 rings (SSSR count). The van der Waals surface area contributed by atoms with Gasteiger partial charge in [-0.05, 0) is 32.4 Å². The van der Waals surface area contributed by atoms with Crippen LogP contribution >= 0.6 is 11.6 Å². The molecule has 23 heavy (non-hydrogen) atoms. The van der Waals surface area contributed by atoms with Gasteiger partial charge in [0.05, 0.1) is 10.6 Å². The number of benzene rings is 1. The quantitative estimate of drug-likeness (QED) is 0.379. The number of rotatable bonds is 6. The molecule has 0 bridgehead atoms. The van der Waals surface area contributed by atoms with Gasteiger partial charge in [-0.25, -0.2) is 0 Å². The Bertz CT molecular complexity index is 755. The van der Waals surface area contributed by atoms with Gasteiger partial charge in [0.25, 0.3) is 0 Å². The zero-order chi connectivity index (χ0) is 17.0. The van der Waals surface area contributed by atoms with Crippen molar-refractivity contribution in [3.8, 4) is 5.75 Å². The number of aryl methyl sites for hydroxylation is 3. The molecule has 0 saturated heterocycles. The zero-order valence-electron chi connectivity index (χ0n) is 12.9. The van der Waals surface area contributed by atoms with Gasteiger partial charge in [-0.3, -0.25) is 19.8 Å². The minimum atomic E-state index is -0.679. The number of aliphatic imine (C=N–C) groups is 1. The van der Waals surface area contributed by atoms with Crippen molar-refractivity contribution in [1.82, 2.24) is 9.78 Å². The van der Waals surface area contributed by atoms with E-state index in [1.807, 2.05) is 24.6 Å². The summed E-state index contributed by atoms with van der Waals surface area (Å²) in [5.41, 5.74) is 1.87. The van der Waals surface area contributed by atoms with E-state index in [2.05, 4.69) is 10.1 Å². The van der Waals surface area contributed by atoms with Crippen molar-refractivity contribution in [2.24, 2.45) is 4.99 Å². The van der Waals surface area contributed by atoms with Crippen LogP contribution in [0.4, 0.5) is 5.69 Å². The first-order valence-electron chi connectivity index (χ1n) is 7.06. The molecule has 0 saturated carbocycles. The first-order chi connectivity index (χ1) is 10.9. The van der Waals surface area contributed by atoms with Crippen molar-refractivity contribution in [2.45, 2.75) is 26.8 Å². The number of nitro benzene ring substituents is 1. The lowest BCUT2D eigenvalue weighted by molar-refractivity contribution is -0.385. The van der Waals surface area contributed by atoms with Gasteiger partial charge in [0, 0.05) is 41.7 Å². The first kappa shape index (κ1) is 17.0. The Balaban J connectivity index is 1.98. The molecular formula is C15H17ClN4O3. The Morgan fingerprint density at radius 1 is 1.43 bits per heavy atom. The highest BCUT2D eigenvalue weighted by molar-refractivity contribution is 6.31. The number of hydrogen-bond acceptors (Lipinski definition) is 5. The van der Waals surface area contributed by atoms with Crippen LogP contribution < -0.4 is 0 Å². The molecule has 0 aliphatic carbocycles. The Hall–Kier alpha value is -2.41. The molecule has 0 atom stereocenters. The molecule has 1 heterocycles. The molecule has 8 heteroatoms. The van der Waals surface area contributed by atoms with Crippen LogP contribution in [0.15, 0.2) is 23.2 Å². The second kappa shape index (κ2) is 7.23. The van der Waals surface area contributed by atoms with Crippen LogP contribution in [0.3, 0.4) is 0 Å². The predicted octanol–water partition coefficient (Wildman–Crippen LogP) is 3.28. The molecule has 0 unspecified atom stereocenters. The number of phenolic OH excluding ortho intramolecular Hbond substituents is 1. The summed E-state index contributed by atoms with van der Waals surface area (Å²) < 4.78 is 1.91. The van der Waals surface area contributed by atoms with Crippen LogP contribution in [0.25, 0.3) is 0 Å². The van der Waals surface area contributed by atoms with Crippen LogP contribution in [0.5, 0.6) is 5.75 Å². The molecule has 1 aromatic carbocycles. The van der Waals surface area contributed by atoms with E-state index in [0.717, 1.165) is 30.4 Å². The Kier molecular flexibility index (Phi) is 5.33. The summed E-state index contributed by atoms with van der Waals surface area (Å²) >= 11 is 5.82. The molecular weight excluding hydrogens is 320 g/mol. The number of aromatic nitrogens is 2. The number of hydrogen-bond donors (Lipinski definition) is 1. The highest BCUT2D eigenvalue weighted by Crippen LogP contribution is 2.32. The van der Waals surface area contributed by atoms with E-state index in [-0.39, 0.29) is 10.6 Å². The highest BCUT2D eigenvalue weighted by Gasteiger charge is 2.17. The lowest BCUT2D eigenvalue weighted by Gasteiger charge is -2.03. The maximum absolute atomic E-state index is 10.8. The summed E-state index contributed by atoms with van der Waals surface area (Å²) in [7, 11) is 0. The minimum Gasteiger partial charge on any atom is -0.502 e. The van der Waals surface area contributed by atoms with Gasteiger partial charge in [0.1, 0.15) is 0 Å². The Morgan fingerprint density at radius 2 is 2.17 bits per heavy atom. The number of phenols is 1. The number of aromatic hydroxyl groups is 1. The first-order valence-corrected chi connectivity index (χ1v) is 7.44. The van der Waals surface area contributed by atoms with Crippen molar-refractivity contribution in [3.63, 3.8) is 0 Å². The summed E-state index contributed by atoms with van der Waals surface area (Å²) in [6.07, 6.45) is 2.16. The van der Waals surface area contributed by atoms with E-state index < -0.39 is 16.4 Å². The van der Waals surface area contributed by atoms with Gasteiger partial charge >= 0.3 is 5.69 Å². The molecule has 0 radical (unpaired) electrons. The topological polar surface area (TPSA) is 93.5 Å². The molecule has 0 aliphatic heterocycles. The minimum absolute atomic E-state index is 0.179. The summed E-state index contributed by atoms with van der Waals surface area (Å²) in [6, 6.07) is 4.55. The second-order valence-electron chi connectivity index (χ2n) is 5.16. The van der Waals surface area contributed by atoms with E-state index in [1.54, 1.807) is 0 Å². The maximum Gasteiger partial charge on any atom is 0.312 e. The van der Waals surface area contributed by atoms with Crippen molar-refractivity contribution < 1.29 is 10.0 Å². The van der Waals surface area contributed by atoms with E-state index in [4.69, 9.17) is 11.6 Å². The SMILES string of the molecule is Cc1cc(C)n(CCCN=Cc2cc(Cl)cc([N+](=O)[O-])c2O)n1. The van der Waals surface area contributed by atoms with Gasteiger partial charge in [-0.1, -0.05) is 11.6 Å². The van der Waals surface area contributed by atoms with Gasteiger partial charge in [-0.15, -0.1) is 0 Å². The van der Waals surface area contributed by atoms with Crippen LogP contribution in [0, 0.1) is 24.0 Å². The smallest absolute Gasteiger partial charge is 0.312 e. The third kappa shape index (κ3) is 4.29. The number of halogens is 1. The van der Waals surface area contributed by atoms with Gasteiger partial charge < -0.3 is 5.11 Å². The van der Waals surface area contributed by atoms with E-state index in [9.17, 15) is 15.2 Å². The molecule has 2 aromatic rings. The molecule has 1 aromatic heterocycles. The van der Waals surface area contributed by atoms with Gasteiger partial charge in [0.2, 0.25) is 5.75 Å². The second-order valence-corrected chi connectivity index (χ2v) is 5.60. The highest BCUT2D eigenvalue weighted by atomic mass is 35.5. The van der Waals surface area contributed by atoms with Gasteiger partial charge in [-0.2, -0.15) is 5.10 Å². The van der Waals surface area contributed by atoms with E-state index >= 15 is 0 Å². The predicted molar refractivity (Wildman–Crippen MR) is 88.6 cm³/mol. The van der Waals surface area contributed by atoms with E-state index in [1.165, 1.54) is 12.3 Å². The molecule has 0 amide bonds. The maximum atomic E-state index is 10.8. The third-order valence-electron chi connectivity index (χ3n) is 3.27. The van der Waals surface area contributed by atoms with Gasteiger partial charge in [0.15, 0.2) is 0 Å².